The summed E-state index contributed by atoms with van der Waals surface area (Å²) in [6.45, 7) is 2.51. The van der Waals surface area contributed by atoms with E-state index in [1.807, 2.05) is 41.8 Å². The third-order valence-corrected chi connectivity index (χ3v) is 4.61. The molecule has 31 heavy (non-hydrogen) atoms. The molecule has 3 aromatic rings. The van der Waals surface area contributed by atoms with Crippen LogP contribution in [0.25, 0.3) is 0 Å². The molecule has 1 heterocycles. The highest BCUT2D eigenvalue weighted by molar-refractivity contribution is 5.96. The van der Waals surface area contributed by atoms with Crippen molar-refractivity contribution in [3.05, 3.63) is 83.8 Å². The number of anilines is 1. The van der Waals surface area contributed by atoms with Crippen LogP contribution in [0.3, 0.4) is 0 Å². The van der Waals surface area contributed by atoms with Crippen LogP contribution < -0.4 is 10.6 Å². The molecule has 1 unspecified atom stereocenters. The zero-order chi connectivity index (χ0) is 22.2. The normalized spacial score (nSPS) is 11.7. The van der Waals surface area contributed by atoms with Crippen molar-refractivity contribution < 1.29 is 18.4 Å². The number of nitrogens with one attached hydrogen (secondary N) is 2. The smallest absolute Gasteiger partial charge is 0.248 e. The third kappa shape index (κ3) is 6.74. The monoisotopic (exact) mass is 426 g/mol. The van der Waals surface area contributed by atoms with E-state index in [4.69, 9.17) is 0 Å². The van der Waals surface area contributed by atoms with Gasteiger partial charge in [-0.15, -0.1) is 0 Å². The molecule has 0 fully saturated rings. The van der Waals surface area contributed by atoms with Gasteiger partial charge in [0.15, 0.2) is 5.82 Å². The Kier molecular flexibility index (Phi) is 7.48. The van der Waals surface area contributed by atoms with Gasteiger partial charge in [0.05, 0.1) is 12.7 Å². The highest BCUT2D eigenvalue weighted by atomic mass is 19.1. The summed E-state index contributed by atoms with van der Waals surface area (Å²) in [5.74, 6) is -2.02. The summed E-state index contributed by atoms with van der Waals surface area (Å²) in [5, 5.41) is 5.36. The molecule has 0 spiro atoms. The van der Waals surface area contributed by atoms with Crippen LogP contribution in [0, 0.1) is 11.6 Å². The first-order valence-electron chi connectivity index (χ1n) is 10.0. The maximum atomic E-state index is 13.3. The van der Waals surface area contributed by atoms with E-state index < -0.39 is 29.5 Å². The van der Waals surface area contributed by atoms with Gasteiger partial charge in [0, 0.05) is 18.8 Å². The Hall–Kier alpha value is -3.55. The number of benzene rings is 2. The van der Waals surface area contributed by atoms with Crippen LogP contribution in [0.1, 0.15) is 30.9 Å². The van der Waals surface area contributed by atoms with Gasteiger partial charge in [0.2, 0.25) is 11.8 Å². The Morgan fingerprint density at radius 1 is 1.06 bits per heavy atom. The van der Waals surface area contributed by atoms with E-state index >= 15 is 0 Å². The van der Waals surface area contributed by atoms with Crippen molar-refractivity contribution in [1.82, 2.24) is 14.9 Å². The van der Waals surface area contributed by atoms with Crippen molar-refractivity contribution in [3.8, 4) is 0 Å². The molecule has 0 saturated heterocycles. The fourth-order valence-electron chi connectivity index (χ4n) is 3.22. The fourth-order valence-corrected chi connectivity index (χ4v) is 3.22. The molecule has 2 aromatic carbocycles. The second kappa shape index (κ2) is 10.5. The second-order valence-corrected chi connectivity index (χ2v) is 7.27. The first-order valence-corrected chi connectivity index (χ1v) is 10.0. The zero-order valence-electron chi connectivity index (χ0n) is 17.1. The lowest BCUT2D eigenvalue weighted by Gasteiger charge is -2.17. The number of halogens is 2. The van der Waals surface area contributed by atoms with Gasteiger partial charge >= 0.3 is 0 Å². The summed E-state index contributed by atoms with van der Waals surface area (Å²) in [7, 11) is 0. The number of nitrogens with zero attached hydrogens (tertiary/aromatic N) is 2. The number of amides is 2. The lowest BCUT2D eigenvalue weighted by molar-refractivity contribution is -0.126. The van der Waals surface area contributed by atoms with Crippen molar-refractivity contribution in [2.24, 2.45) is 0 Å². The largest absolute Gasteiger partial charge is 0.344 e. The molecule has 3 rings (SSSR count). The topological polar surface area (TPSA) is 76.0 Å². The molecule has 1 atom stereocenters. The number of imidazole rings is 1. The molecule has 2 N–H and O–H groups in total. The van der Waals surface area contributed by atoms with E-state index in [1.54, 1.807) is 12.5 Å². The summed E-state index contributed by atoms with van der Waals surface area (Å²) in [5.41, 5.74) is 1.30. The van der Waals surface area contributed by atoms with Gasteiger partial charge in [-0.2, -0.15) is 0 Å². The number of carbonyl (C=O) groups excluding carboxylic acids is 2. The average molecular weight is 426 g/mol. The Morgan fingerprint density at radius 2 is 1.77 bits per heavy atom. The molecular weight excluding hydrogens is 402 g/mol. The van der Waals surface area contributed by atoms with E-state index in [1.165, 1.54) is 0 Å². The van der Waals surface area contributed by atoms with Crippen molar-refractivity contribution in [3.63, 3.8) is 0 Å². The lowest BCUT2D eigenvalue weighted by Crippen LogP contribution is -2.44. The predicted octanol–water partition coefficient (Wildman–Crippen LogP) is 3.68. The standard InChI is InChI=1S/C23H24F2N4O2/c1-2-6-20(27-22(30)11-17-9-18(24)12-19(25)10-17)23(31)28-21-14-29(15-26-21)13-16-7-4-3-5-8-16/h3-5,7-10,12,14-15,20H,2,6,11,13H2,1H3,(H,27,30)(H,28,31). The fraction of sp³-hybridized carbons (Fsp3) is 0.261. The van der Waals surface area contributed by atoms with E-state index in [9.17, 15) is 18.4 Å². The summed E-state index contributed by atoms with van der Waals surface area (Å²) in [6.07, 6.45) is 4.18. The number of aromatic nitrogens is 2. The van der Waals surface area contributed by atoms with Crippen molar-refractivity contribution >= 4 is 17.6 Å². The Balaban J connectivity index is 1.59. The molecule has 162 valence electrons. The van der Waals surface area contributed by atoms with Gasteiger partial charge in [-0.3, -0.25) is 9.59 Å². The molecule has 0 bridgehead atoms. The molecule has 0 saturated carbocycles. The number of hydrogen-bond acceptors (Lipinski definition) is 3. The number of carbonyl (C=O) groups is 2. The van der Waals surface area contributed by atoms with Crippen LogP contribution >= 0.6 is 0 Å². The molecule has 2 amide bonds. The summed E-state index contributed by atoms with van der Waals surface area (Å²) in [6, 6.07) is 12.0. The third-order valence-electron chi connectivity index (χ3n) is 4.61. The number of hydrogen-bond donors (Lipinski definition) is 2. The SMILES string of the molecule is CCCC(NC(=O)Cc1cc(F)cc(F)c1)C(=O)Nc1cn(Cc2ccccc2)cn1. The summed E-state index contributed by atoms with van der Waals surface area (Å²) >= 11 is 0. The van der Waals surface area contributed by atoms with Crippen molar-refractivity contribution in [1.29, 1.82) is 0 Å². The molecule has 0 aliphatic rings. The lowest BCUT2D eigenvalue weighted by atomic mass is 10.1. The van der Waals surface area contributed by atoms with Gasteiger partial charge in [-0.05, 0) is 29.7 Å². The maximum Gasteiger partial charge on any atom is 0.248 e. The quantitative estimate of drug-likeness (QED) is 0.548. The van der Waals surface area contributed by atoms with Gasteiger partial charge in [-0.1, -0.05) is 43.7 Å². The number of rotatable bonds is 9. The molecule has 8 heteroatoms. The van der Waals surface area contributed by atoms with Crippen LogP contribution in [-0.2, 0) is 22.6 Å². The van der Waals surface area contributed by atoms with E-state index in [-0.39, 0.29) is 12.0 Å². The van der Waals surface area contributed by atoms with Gasteiger partial charge in [0.1, 0.15) is 17.7 Å². The van der Waals surface area contributed by atoms with Crippen molar-refractivity contribution in [2.45, 2.75) is 38.8 Å². The molecule has 0 aliphatic carbocycles. The Morgan fingerprint density at radius 3 is 2.45 bits per heavy atom. The van der Waals surface area contributed by atoms with Gasteiger partial charge in [0.25, 0.3) is 0 Å². The minimum absolute atomic E-state index is 0.199. The van der Waals surface area contributed by atoms with E-state index in [2.05, 4.69) is 15.6 Å². The minimum atomic E-state index is -0.782. The predicted molar refractivity (Wildman–Crippen MR) is 113 cm³/mol. The van der Waals surface area contributed by atoms with Crippen LogP contribution in [0.15, 0.2) is 61.1 Å². The molecule has 6 nitrogen and oxygen atoms in total. The summed E-state index contributed by atoms with van der Waals surface area (Å²) < 4.78 is 28.5. The first-order chi connectivity index (χ1) is 14.9. The highest BCUT2D eigenvalue weighted by Crippen LogP contribution is 2.11. The maximum absolute atomic E-state index is 13.3. The molecule has 0 radical (unpaired) electrons. The second-order valence-electron chi connectivity index (χ2n) is 7.27. The van der Waals surface area contributed by atoms with E-state index in [0.717, 1.165) is 23.8 Å². The van der Waals surface area contributed by atoms with Crippen LogP contribution in [0.2, 0.25) is 0 Å². The molecule has 1 aromatic heterocycles. The minimum Gasteiger partial charge on any atom is -0.344 e. The average Bonchev–Trinajstić information content (AvgIpc) is 3.14. The summed E-state index contributed by atoms with van der Waals surface area (Å²) in [4.78, 5) is 29.2. The molecule has 0 aliphatic heterocycles. The molecular formula is C23H24F2N4O2. The van der Waals surface area contributed by atoms with E-state index in [0.29, 0.717) is 25.2 Å². The van der Waals surface area contributed by atoms with Crippen LogP contribution in [-0.4, -0.2) is 27.4 Å². The Bertz CT molecular complexity index is 1020. The first kappa shape index (κ1) is 22.1. The van der Waals surface area contributed by atoms with Crippen LogP contribution in [0.4, 0.5) is 14.6 Å². The van der Waals surface area contributed by atoms with Gasteiger partial charge in [-0.25, -0.2) is 13.8 Å². The van der Waals surface area contributed by atoms with Gasteiger partial charge < -0.3 is 15.2 Å². The Labute approximate surface area is 179 Å². The van der Waals surface area contributed by atoms with Crippen LogP contribution in [0.5, 0.6) is 0 Å². The highest BCUT2D eigenvalue weighted by Gasteiger charge is 2.21. The van der Waals surface area contributed by atoms with Crippen molar-refractivity contribution in [2.75, 3.05) is 5.32 Å². The zero-order valence-corrected chi connectivity index (χ0v) is 17.1.